The fourth-order valence-electron chi connectivity index (χ4n) is 2.59. The molecule has 1 aromatic heterocycles. The molecule has 1 fully saturated rings. The second-order valence-electron chi connectivity index (χ2n) is 5.10. The largest absolute Gasteiger partial charge is 0.361 e. The van der Waals surface area contributed by atoms with Crippen LogP contribution in [0.5, 0.6) is 0 Å². The third-order valence-electron chi connectivity index (χ3n) is 3.66. The van der Waals surface area contributed by atoms with E-state index in [-0.39, 0.29) is 5.69 Å². The van der Waals surface area contributed by atoms with Crippen molar-refractivity contribution in [3.8, 4) is 6.07 Å². The minimum atomic E-state index is -0.392. The van der Waals surface area contributed by atoms with Crippen molar-refractivity contribution in [3.63, 3.8) is 0 Å². The molecule has 106 valence electrons. The van der Waals surface area contributed by atoms with Crippen molar-refractivity contribution in [2.24, 2.45) is 0 Å². The molecule has 0 spiro atoms. The van der Waals surface area contributed by atoms with Crippen LogP contribution in [0.2, 0.25) is 0 Å². The molecule has 6 nitrogen and oxygen atoms in total. The molecule has 1 aliphatic rings. The molecule has 21 heavy (non-hydrogen) atoms. The van der Waals surface area contributed by atoms with Gasteiger partial charge in [0.15, 0.2) is 0 Å². The third-order valence-corrected chi connectivity index (χ3v) is 3.66. The van der Waals surface area contributed by atoms with Gasteiger partial charge in [0.05, 0.1) is 22.9 Å². The van der Waals surface area contributed by atoms with Crippen LogP contribution in [-0.2, 0) is 0 Å². The molecule has 2 aromatic rings. The van der Waals surface area contributed by atoms with Gasteiger partial charge >= 0.3 is 5.69 Å². The van der Waals surface area contributed by atoms with E-state index in [0.29, 0.717) is 24.7 Å². The van der Waals surface area contributed by atoms with Crippen LogP contribution in [0.25, 0.3) is 10.9 Å². The third kappa shape index (κ3) is 2.50. The number of benzene rings is 1. The number of anilines is 1. The molecule has 1 aromatic carbocycles. The number of fused-ring (bicyclic) bond motifs is 1. The number of nitrogens with zero attached hydrogens (tertiary/aromatic N) is 4. The lowest BCUT2D eigenvalue weighted by atomic mass is 10.1. The molecule has 0 amide bonds. The number of rotatable bonds is 5. The summed E-state index contributed by atoms with van der Waals surface area (Å²) in [7, 11) is 0. The molecule has 0 saturated heterocycles. The Bertz CT molecular complexity index is 734. The summed E-state index contributed by atoms with van der Waals surface area (Å²) in [4.78, 5) is 17.1. The first-order valence-corrected chi connectivity index (χ1v) is 6.88. The van der Waals surface area contributed by atoms with Crippen molar-refractivity contribution in [1.29, 1.82) is 5.26 Å². The van der Waals surface area contributed by atoms with Gasteiger partial charge in [0.2, 0.25) is 0 Å². The molecule has 1 aliphatic carbocycles. The summed E-state index contributed by atoms with van der Waals surface area (Å²) in [5.41, 5.74) is 1.35. The Balaban J connectivity index is 2.19. The summed E-state index contributed by atoms with van der Waals surface area (Å²) in [5, 5.41) is 21.0. The van der Waals surface area contributed by atoms with Gasteiger partial charge in [-0.1, -0.05) is 18.2 Å². The summed E-state index contributed by atoms with van der Waals surface area (Å²) < 4.78 is 0. The summed E-state index contributed by atoms with van der Waals surface area (Å²) in [5.74, 6) is 0. The number of hydrogen-bond donors (Lipinski definition) is 0. The van der Waals surface area contributed by atoms with Crippen LogP contribution >= 0.6 is 0 Å². The van der Waals surface area contributed by atoms with Gasteiger partial charge in [0.25, 0.3) is 0 Å². The first kappa shape index (κ1) is 13.3. The summed E-state index contributed by atoms with van der Waals surface area (Å²) in [6, 6.07) is 9.83. The second-order valence-corrected chi connectivity index (χ2v) is 5.10. The number of nitro groups is 1. The maximum Gasteiger partial charge on any atom is 0.311 e. The van der Waals surface area contributed by atoms with Crippen molar-refractivity contribution >= 4 is 22.3 Å². The summed E-state index contributed by atoms with van der Waals surface area (Å²) in [6.45, 7) is 0.510. The van der Waals surface area contributed by atoms with Crippen LogP contribution in [0.3, 0.4) is 0 Å². The minimum absolute atomic E-state index is 0.0125. The van der Waals surface area contributed by atoms with Crippen molar-refractivity contribution < 1.29 is 4.92 Å². The Morgan fingerprint density at radius 1 is 1.43 bits per heavy atom. The highest BCUT2D eigenvalue weighted by molar-refractivity contribution is 5.96. The zero-order valence-corrected chi connectivity index (χ0v) is 11.4. The smallest absolute Gasteiger partial charge is 0.311 e. The molecule has 3 rings (SSSR count). The van der Waals surface area contributed by atoms with Crippen LogP contribution in [0.4, 0.5) is 11.4 Å². The lowest BCUT2D eigenvalue weighted by Gasteiger charge is -2.24. The van der Waals surface area contributed by atoms with Crippen LogP contribution in [0.1, 0.15) is 19.3 Å². The van der Waals surface area contributed by atoms with Gasteiger partial charge in [0, 0.05) is 18.0 Å². The average Bonchev–Trinajstić information content (AvgIpc) is 3.32. The van der Waals surface area contributed by atoms with E-state index < -0.39 is 4.92 Å². The van der Waals surface area contributed by atoms with Crippen molar-refractivity contribution in [1.82, 2.24) is 4.98 Å². The Labute approximate surface area is 121 Å². The second kappa shape index (κ2) is 5.37. The average molecular weight is 282 g/mol. The van der Waals surface area contributed by atoms with Crippen LogP contribution in [0.15, 0.2) is 30.5 Å². The van der Waals surface area contributed by atoms with Gasteiger partial charge < -0.3 is 4.90 Å². The molecule has 6 heteroatoms. The number of hydrogen-bond acceptors (Lipinski definition) is 5. The lowest BCUT2D eigenvalue weighted by Crippen LogP contribution is -2.27. The number of para-hydroxylation sites is 1. The van der Waals surface area contributed by atoms with Crippen molar-refractivity contribution in [3.05, 3.63) is 40.6 Å². The number of nitriles is 1. The molecule has 0 bridgehead atoms. The molecule has 0 atom stereocenters. The van der Waals surface area contributed by atoms with E-state index in [9.17, 15) is 10.1 Å². The van der Waals surface area contributed by atoms with Gasteiger partial charge in [-0.3, -0.25) is 10.1 Å². The highest BCUT2D eigenvalue weighted by Gasteiger charge is 2.34. The normalized spacial score (nSPS) is 13.9. The maximum atomic E-state index is 11.4. The quantitative estimate of drug-likeness (QED) is 0.621. The van der Waals surface area contributed by atoms with E-state index in [0.717, 1.165) is 23.7 Å². The number of pyridine rings is 1. The standard InChI is InChI=1S/C15H14N4O2/c16-8-3-9-18(11-6-7-11)15-12-4-1-2-5-13(12)17-10-14(15)19(20)21/h1-2,4-5,10-11H,3,6-7,9H2. The van der Waals surface area contributed by atoms with Gasteiger partial charge in [-0.05, 0) is 18.9 Å². The van der Waals surface area contributed by atoms with Crippen LogP contribution in [0, 0.1) is 21.4 Å². The van der Waals surface area contributed by atoms with E-state index in [4.69, 9.17) is 5.26 Å². The first-order valence-electron chi connectivity index (χ1n) is 6.88. The summed E-state index contributed by atoms with van der Waals surface area (Å²) >= 11 is 0. The van der Waals surface area contributed by atoms with Gasteiger partial charge in [-0.2, -0.15) is 5.26 Å². The van der Waals surface area contributed by atoms with Gasteiger partial charge in [-0.25, -0.2) is 4.98 Å². The Hall–Kier alpha value is -2.68. The highest BCUT2D eigenvalue weighted by Crippen LogP contribution is 2.40. The van der Waals surface area contributed by atoms with E-state index in [1.54, 1.807) is 0 Å². The summed E-state index contributed by atoms with van der Waals surface area (Å²) in [6.07, 6.45) is 3.70. The zero-order chi connectivity index (χ0) is 14.8. The molecule has 0 radical (unpaired) electrons. The molecule has 0 N–H and O–H groups in total. The van der Waals surface area contributed by atoms with E-state index in [1.165, 1.54) is 6.20 Å². The lowest BCUT2D eigenvalue weighted by molar-refractivity contribution is -0.384. The monoisotopic (exact) mass is 282 g/mol. The Kier molecular flexibility index (Phi) is 3.40. The van der Waals surface area contributed by atoms with Crippen molar-refractivity contribution in [2.45, 2.75) is 25.3 Å². The SMILES string of the molecule is N#CCCN(c1c([N+](=O)[O-])cnc2ccccc12)C1CC1. The van der Waals surface area contributed by atoms with Crippen molar-refractivity contribution in [2.75, 3.05) is 11.4 Å². The van der Waals surface area contributed by atoms with Gasteiger partial charge in [0.1, 0.15) is 11.9 Å². The van der Waals surface area contributed by atoms with E-state index in [2.05, 4.69) is 11.1 Å². The minimum Gasteiger partial charge on any atom is -0.361 e. The zero-order valence-electron chi connectivity index (χ0n) is 11.4. The molecule has 0 unspecified atom stereocenters. The predicted molar refractivity (Wildman–Crippen MR) is 79.0 cm³/mol. The number of aromatic nitrogens is 1. The topological polar surface area (TPSA) is 83.1 Å². The van der Waals surface area contributed by atoms with Crippen LogP contribution in [-0.4, -0.2) is 22.5 Å². The van der Waals surface area contributed by atoms with E-state index in [1.807, 2.05) is 29.2 Å². The molecule has 0 aliphatic heterocycles. The molecule has 1 heterocycles. The van der Waals surface area contributed by atoms with Gasteiger partial charge in [-0.15, -0.1) is 0 Å². The maximum absolute atomic E-state index is 11.4. The fraction of sp³-hybridized carbons (Fsp3) is 0.333. The van der Waals surface area contributed by atoms with Crippen LogP contribution < -0.4 is 4.90 Å². The molecular formula is C15H14N4O2. The first-order chi connectivity index (χ1) is 10.2. The Morgan fingerprint density at radius 2 is 2.19 bits per heavy atom. The fourth-order valence-corrected chi connectivity index (χ4v) is 2.59. The van der Waals surface area contributed by atoms with E-state index >= 15 is 0 Å². The highest BCUT2D eigenvalue weighted by atomic mass is 16.6. The molecular weight excluding hydrogens is 268 g/mol. The molecule has 1 saturated carbocycles. The predicted octanol–water partition coefficient (Wildman–Crippen LogP) is 3.03. The Morgan fingerprint density at radius 3 is 2.86 bits per heavy atom.